The Morgan fingerprint density at radius 1 is 1.00 bits per heavy atom. The van der Waals surface area contributed by atoms with Crippen molar-refractivity contribution in [2.45, 2.75) is 31.6 Å². The van der Waals surface area contributed by atoms with Crippen molar-refractivity contribution in [2.24, 2.45) is 13.0 Å². The molecule has 0 amide bonds. The Hall–Kier alpha value is -1.63. The highest BCUT2D eigenvalue weighted by Gasteiger charge is 2.26. The Morgan fingerprint density at radius 2 is 1.83 bits per heavy atom. The number of benzene rings is 1. The molecule has 3 fully saturated rings. The summed E-state index contributed by atoms with van der Waals surface area (Å²) in [5.74, 6) is 1.39. The second-order valence-electron chi connectivity index (χ2n) is 9.21. The van der Waals surface area contributed by atoms with Crippen LogP contribution in [0.3, 0.4) is 0 Å². The molecule has 3 aliphatic rings. The van der Waals surface area contributed by atoms with Gasteiger partial charge in [-0.15, -0.1) is 0 Å². The maximum absolute atomic E-state index is 5.00. The lowest BCUT2D eigenvalue weighted by atomic mass is 9.93. The fraction of sp³-hybridized carbons (Fsp3) is 0.696. The standard InChI is InChI=1S/C23H36N6/c1-27-23-20(22(26-27)19-4-3-9-25-16-19)5-2-6-21(23)29-12-7-18(8-13-29)17-28-14-10-24-11-15-28/h2,5-6,18-19,24-25H,3-4,7-17H2,1H3. The van der Waals surface area contributed by atoms with Gasteiger partial charge in [0.1, 0.15) is 0 Å². The van der Waals surface area contributed by atoms with Gasteiger partial charge in [-0.2, -0.15) is 5.10 Å². The van der Waals surface area contributed by atoms with Gasteiger partial charge in [0, 0.05) is 70.7 Å². The number of anilines is 1. The van der Waals surface area contributed by atoms with Crippen LogP contribution in [0.15, 0.2) is 18.2 Å². The molecule has 0 spiro atoms. The molecular formula is C23H36N6. The topological polar surface area (TPSA) is 48.4 Å². The van der Waals surface area contributed by atoms with Crippen molar-refractivity contribution in [2.75, 3.05) is 63.8 Å². The highest BCUT2D eigenvalue weighted by atomic mass is 15.3. The van der Waals surface area contributed by atoms with Gasteiger partial charge in [0.05, 0.1) is 16.9 Å². The molecule has 1 aromatic heterocycles. The number of nitrogens with one attached hydrogen (secondary N) is 2. The van der Waals surface area contributed by atoms with Gasteiger partial charge in [0.2, 0.25) is 0 Å². The van der Waals surface area contributed by atoms with E-state index in [1.807, 2.05) is 0 Å². The summed E-state index contributed by atoms with van der Waals surface area (Å²) in [7, 11) is 2.13. The molecule has 1 unspecified atom stereocenters. The van der Waals surface area contributed by atoms with Gasteiger partial charge in [-0.3, -0.25) is 4.68 Å². The highest BCUT2D eigenvalue weighted by molar-refractivity contribution is 5.93. The van der Waals surface area contributed by atoms with E-state index in [-0.39, 0.29) is 0 Å². The molecule has 158 valence electrons. The van der Waals surface area contributed by atoms with Crippen LogP contribution in [-0.2, 0) is 7.05 Å². The van der Waals surface area contributed by atoms with E-state index >= 15 is 0 Å². The number of hydrogen-bond donors (Lipinski definition) is 2. The molecule has 6 heteroatoms. The van der Waals surface area contributed by atoms with Gasteiger partial charge in [0.15, 0.2) is 0 Å². The number of rotatable bonds is 4. The zero-order valence-electron chi connectivity index (χ0n) is 17.9. The lowest BCUT2D eigenvalue weighted by Crippen LogP contribution is -2.47. The number of aromatic nitrogens is 2. The van der Waals surface area contributed by atoms with E-state index in [2.05, 4.69) is 50.4 Å². The molecule has 5 rings (SSSR count). The zero-order chi connectivity index (χ0) is 19.6. The normalized spacial score (nSPS) is 25.0. The van der Waals surface area contributed by atoms with Crippen molar-refractivity contribution in [3.05, 3.63) is 23.9 Å². The van der Waals surface area contributed by atoms with Crippen LogP contribution in [0.5, 0.6) is 0 Å². The lowest BCUT2D eigenvalue weighted by Gasteiger charge is -2.37. The Labute approximate surface area is 174 Å². The first-order chi connectivity index (χ1) is 14.3. The molecule has 2 N–H and O–H groups in total. The van der Waals surface area contributed by atoms with Crippen LogP contribution in [0.4, 0.5) is 5.69 Å². The third-order valence-corrected chi connectivity index (χ3v) is 7.24. The predicted molar refractivity (Wildman–Crippen MR) is 120 cm³/mol. The van der Waals surface area contributed by atoms with Crippen LogP contribution in [0.1, 0.15) is 37.3 Å². The van der Waals surface area contributed by atoms with E-state index in [0.29, 0.717) is 5.92 Å². The number of piperidine rings is 2. The maximum Gasteiger partial charge on any atom is 0.0915 e. The first kappa shape index (κ1) is 19.3. The molecule has 0 aliphatic carbocycles. The van der Waals surface area contributed by atoms with Crippen molar-refractivity contribution in [1.82, 2.24) is 25.3 Å². The minimum absolute atomic E-state index is 0.549. The second kappa shape index (κ2) is 8.62. The molecule has 1 aromatic carbocycles. The molecule has 3 saturated heterocycles. The van der Waals surface area contributed by atoms with Gasteiger partial charge in [-0.1, -0.05) is 12.1 Å². The fourth-order valence-electron chi connectivity index (χ4n) is 5.60. The quantitative estimate of drug-likeness (QED) is 0.829. The summed E-state index contributed by atoms with van der Waals surface area (Å²) in [6, 6.07) is 6.84. The fourth-order valence-corrected chi connectivity index (χ4v) is 5.60. The third-order valence-electron chi connectivity index (χ3n) is 7.24. The van der Waals surface area contributed by atoms with Gasteiger partial charge in [-0.05, 0) is 44.2 Å². The minimum atomic E-state index is 0.549. The first-order valence-electron chi connectivity index (χ1n) is 11.6. The van der Waals surface area contributed by atoms with E-state index in [4.69, 9.17) is 5.10 Å². The number of hydrogen-bond acceptors (Lipinski definition) is 5. The van der Waals surface area contributed by atoms with Crippen LogP contribution < -0.4 is 15.5 Å². The van der Waals surface area contributed by atoms with E-state index in [0.717, 1.165) is 32.1 Å². The smallest absolute Gasteiger partial charge is 0.0915 e. The summed E-state index contributed by atoms with van der Waals surface area (Å²) < 4.78 is 2.14. The zero-order valence-corrected chi connectivity index (χ0v) is 17.9. The number of nitrogens with zero attached hydrogens (tertiary/aromatic N) is 4. The van der Waals surface area contributed by atoms with Crippen LogP contribution in [-0.4, -0.2) is 73.6 Å². The summed E-state index contributed by atoms with van der Waals surface area (Å²) in [5.41, 5.74) is 4.01. The highest BCUT2D eigenvalue weighted by Crippen LogP contribution is 2.35. The summed E-state index contributed by atoms with van der Waals surface area (Å²) in [6.07, 6.45) is 5.11. The maximum atomic E-state index is 5.00. The van der Waals surface area contributed by atoms with Crippen LogP contribution in [0, 0.1) is 5.92 Å². The third kappa shape index (κ3) is 4.03. The van der Waals surface area contributed by atoms with Crippen LogP contribution >= 0.6 is 0 Å². The van der Waals surface area contributed by atoms with Crippen molar-refractivity contribution in [3.8, 4) is 0 Å². The molecule has 4 heterocycles. The predicted octanol–water partition coefficient (Wildman–Crippen LogP) is 2.16. The minimum Gasteiger partial charge on any atom is -0.370 e. The Bertz CT molecular complexity index is 810. The summed E-state index contributed by atoms with van der Waals surface area (Å²) in [5, 5.41) is 13.4. The lowest BCUT2D eigenvalue weighted by molar-refractivity contribution is 0.190. The number of fused-ring (bicyclic) bond motifs is 1. The second-order valence-corrected chi connectivity index (χ2v) is 9.21. The SMILES string of the molecule is Cn1nc(C2CCCNC2)c2cccc(N3CCC(CN4CCNCC4)CC3)c21. The molecule has 3 aliphatic heterocycles. The van der Waals surface area contributed by atoms with Gasteiger partial charge < -0.3 is 20.4 Å². The average molecular weight is 397 g/mol. The largest absolute Gasteiger partial charge is 0.370 e. The van der Waals surface area contributed by atoms with E-state index in [1.165, 1.54) is 80.7 Å². The van der Waals surface area contributed by atoms with Crippen LogP contribution in [0.25, 0.3) is 10.9 Å². The molecule has 29 heavy (non-hydrogen) atoms. The monoisotopic (exact) mass is 396 g/mol. The molecule has 2 aromatic rings. The van der Waals surface area contributed by atoms with E-state index in [1.54, 1.807) is 0 Å². The molecule has 0 saturated carbocycles. The van der Waals surface area contributed by atoms with Crippen molar-refractivity contribution in [3.63, 3.8) is 0 Å². The van der Waals surface area contributed by atoms with Crippen LogP contribution in [0.2, 0.25) is 0 Å². The number of piperazine rings is 1. The summed E-state index contributed by atoms with van der Waals surface area (Å²) in [6.45, 7) is 10.6. The summed E-state index contributed by atoms with van der Waals surface area (Å²) in [4.78, 5) is 5.27. The molecule has 0 radical (unpaired) electrons. The first-order valence-corrected chi connectivity index (χ1v) is 11.6. The number of aryl methyl sites for hydroxylation is 1. The van der Waals surface area contributed by atoms with E-state index < -0.39 is 0 Å². The molecule has 6 nitrogen and oxygen atoms in total. The summed E-state index contributed by atoms with van der Waals surface area (Å²) >= 11 is 0. The molecular weight excluding hydrogens is 360 g/mol. The Kier molecular flexibility index (Phi) is 5.75. The Balaban J connectivity index is 1.31. The van der Waals surface area contributed by atoms with Gasteiger partial charge in [0.25, 0.3) is 0 Å². The van der Waals surface area contributed by atoms with Gasteiger partial charge >= 0.3 is 0 Å². The van der Waals surface area contributed by atoms with Crippen molar-refractivity contribution in [1.29, 1.82) is 0 Å². The van der Waals surface area contributed by atoms with E-state index in [9.17, 15) is 0 Å². The average Bonchev–Trinajstić information content (AvgIpc) is 3.13. The molecule has 1 atom stereocenters. The molecule has 0 bridgehead atoms. The number of para-hydroxylation sites is 1. The van der Waals surface area contributed by atoms with Crippen molar-refractivity contribution < 1.29 is 0 Å². The van der Waals surface area contributed by atoms with Crippen molar-refractivity contribution >= 4 is 16.6 Å². The van der Waals surface area contributed by atoms with Gasteiger partial charge in [-0.25, -0.2) is 0 Å². The Morgan fingerprint density at radius 3 is 2.59 bits per heavy atom.